The van der Waals surface area contributed by atoms with Gasteiger partial charge in [-0.2, -0.15) is 0 Å². The van der Waals surface area contributed by atoms with Gasteiger partial charge in [-0.05, 0) is 23.1 Å². The molecule has 0 bridgehead atoms. The van der Waals surface area contributed by atoms with Gasteiger partial charge in [-0.25, -0.2) is 4.79 Å². The highest BCUT2D eigenvalue weighted by Crippen LogP contribution is 2.30. The molecule has 0 aliphatic heterocycles. The predicted molar refractivity (Wildman–Crippen MR) is 67.4 cm³/mol. The van der Waals surface area contributed by atoms with E-state index in [0.717, 1.165) is 11.1 Å². The molecule has 3 heteroatoms. The van der Waals surface area contributed by atoms with Gasteiger partial charge in [-0.1, -0.05) is 32.9 Å². The minimum Gasteiger partial charge on any atom is -0.478 e. The third-order valence-electron chi connectivity index (χ3n) is 2.81. The van der Waals surface area contributed by atoms with E-state index in [2.05, 4.69) is 25.8 Å². The minimum absolute atomic E-state index is 0.0519. The smallest absolute Gasteiger partial charge is 0.336 e. The molecule has 0 radical (unpaired) electrons. The van der Waals surface area contributed by atoms with Crippen molar-refractivity contribution in [1.29, 1.82) is 0 Å². The van der Waals surface area contributed by atoms with Crippen LogP contribution in [0.5, 0.6) is 0 Å². The van der Waals surface area contributed by atoms with Crippen LogP contribution in [0.25, 0.3) is 10.9 Å². The zero-order chi connectivity index (χ0) is 12.6. The van der Waals surface area contributed by atoms with E-state index < -0.39 is 5.97 Å². The third kappa shape index (κ3) is 2.00. The highest BCUT2D eigenvalue weighted by molar-refractivity contribution is 6.03. The average Bonchev–Trinajstić information content (AvgIpc) is 2.26. The number of carbonyl (C=O) groups is 1. The van der Waals surface area contributed by atoms with Crippen molar-refractivity contribution in [1.82, 2.24) is 4.98 Å². The fourth-order valence-electron chi connectivity index (χ4n) is 1.96. The summed E-state index contributed by atoms with van der Waals surface area (Å²) in [6.45, 7) is 6.28. The zero-order valence-corrected chi connectivity index (χ0v) is 10.2. The van der Waals surface area contributed by atoms with Gasteiger partial charge in [0, 0.05) is 11.6 Å². The van der Waals surface area contributed by atoms with Crippen molar-refractivity contribution < 1.29 is 9.90 Å². The molecule has 17 heavy (non-hydrogen) atoms. The molecule has 0 aliphatic carbocycles. The van der Waals surface area contributed by atoms with E-state index in [1.807, 2.05) is 6.07 Å². The molecule has 1 aromatic carbocycles. The maximum absolute atomic E-state index is 11.1. The summed E-state index contributed by atoms with van der Waals surface area (Å²) in [6.07, 6.45) is 1.70. The second kappa shape index (κ2) is 3.84. The van der Waals surface area contributed by atoms with Crippen molar-refractivity contribution in [2.24, 2.45) is 0 Å². The summed E-state index contributed by atoms with van der Waals surface area (Å²) in [6, 6.07) is 7.09. The second-order valence-electron chi connectivity index (χ2n) is 5.12. The summed E-state index contributed by atoms with van der Waals surface area (Å²) in [5, 5.41) is 9.85. The van der Waals surface area contributed by atoms with E-state index in [0.29, 0.717) is 10.9 Å². The summed E-state index contributed by atoms with van der Waals surface area (Å²) >= 11 is 0. The number of carboxylic acids is 1. The molecule has 2 aromatic rings. The van der Waals surface area contributed by atoms with Crippen LogP contribution >= 0.6 is 0 Å². The first-order valence-electron chi connectivity index (χ1n) is 5.53. The Kier molecular flexibility index (Phi) is 2.62. The Morgan fingerprint density at radius 1 is 1.24 bits per heavy atom. The van der Waals surface area contributed by atoms with Crippen LogP contribution in [0.4, 0.5) is 0 Å². The fourth-order valence-corrected chi connectivity index (χ4v) is 1.96. The van der Waals surface area contributed by atoms with Crippen molar-refractivity contribution >= 4 is 16.9 Å². The van der Waals surface area contributed by atoms with Crippen molar-refractivity contribution in [3.8, 4) is 0 Å². The molecule has 0 spiro atoms. The number of pyridine rings is 1. The topological polar surface area (TPSA) is 50.2 Å². The summed E-state index contributed by atoms with van der Waals surface area (Å²) in [5.74, 6) is -0.913. The van der Waals surface area contributed by atoms with Gasteiger partial charge < -0.3 is 5.11 Å². The molecule has 0 amide bonds. The standard InChI is InChI=1S/C14H15NO2/c1-14(2,3)11-7-6-10(13(16)17)9-5-4-8-15-12(9)11/h4-8H,1-3H3,(H,16,17). The van der Waals surface area contributed by atoms with Gasteiger partial charge in [0.2, 0.25) is 0 Å². The molecular weight excluding hydrogens is 214 g/mol. The molecule has 88 valence electrons. The SMILES string of the molecule is CC(C)(C)c1ccc(C(=O)O)c2cccnc12. The monoisotopic (exact) mass is 229 g/mol. The van der Waals surface area contributed by atoms with Crippen LogP contribution in [0, 0.1) is 0 Å². The quantitative estimate of drug-likeness (QED) is 0.816. The lowest BCUT2D eigenvalue weighted by Gasteiger charge is -2.21. The van der Waals surface area contributed by atoms with E-state index in [4.69, 9.17) is 5.11 Å². The normalized spacial score (nSPS) is 11.7. The molecule has 3 nitrogen and oxygen atoms in total. The minimum atomic E-state index is -0.913. The molecular formula is C14H15NO2. The number of hydrogen-bond acceptors (Lipinski definition) is 2. The van der Waals surface area contributed by atoms with Crippen LogP contribution < -0.4 is 0 Å². The molecule has 2 rings (SSSR count). The summed E-state index contributed by atoms with van der Waals surface area (Å²) in [7, 11) is 0. The van der Waals surface area contributed by atoms with Crippen molar-refractivity contribution in [2.45, 2.75) is 26.2 Å². The fraction of sp³-hybridized carbons (Fsp3) is 0.286. The molecule has 0 unspecified atom stereocenters. The van der Waals surface area contributed by atoms with Crippen LogP contribution in [0.2, 0.25) is 0 Å². The van der Waals surface area contributed by atoms with Gasteiger partial charge in [0.05, 0.1) is 11.1 Å². The summed E-state index contributed by atoms with van der Waals surface area (Å²) < 4.78 is 0. The summed E-state index contributed by atoms with van der Waals surface area (Å²) in [4.78, 5) is 15.5. The molecule has 0 atom stereocenters. The number of nitrogens with zero attached hydrogens (tertiary/aromatic N) is 1. The number of fused-ring (bicyclic) bond motifs is 1. The zero-order valence-electron chi connectivity index (χ0n) is 10.2. The van der Waals surface area contributed by atoms with Gasteiger partial charge in [0.25, 0.3) is 0 Å². The van der Waals surface area contributed by atoms with E-state index >= 15 is 0 Å². The molecule has 1 heterocycles. The second-order valence-corrected chi connectivity index (χ2v) is 5.12. The van der Waals surface area contributed by atoms with Crippen LogP contribution in [-0.2, 0) is 5.41 Å². The number of aromatic nitrogens is 1. The van der Waals surface area contributed by atoms with Crippen molar-refractivity contribution in [3.05, 3.63) is 41.6 Å². The van der Waals surface area contributed by atoms with Gasteiger partial charge >= 0.3 is 5.97 Å². The molecule has 0 aliphatic rings. The maximum atomic E-state index is 11.1. The van der Waals surface area contributed by atoms with Gasteiger partial charge in [0.15, 0.2) is 0 Å². The molecule has 0 fully saturated rings. The van der Waals surface area contributed by atoms with Crippen LogP contribution in [0.1, 0.15) is 36.7 Å². The van der Waals surface area contributed by atoms with E-state index in [9.17, 15) is 4.79 Å². The Labute approximate surface area is 100 Å². The highest BCUT2D eigenvalue weighted by Gasteiger charge is 2.20. The number of rotatable bonds is 1. The van der Waals surface area contributed by atoms with Crippen LogP contribution in [0.3, 0.4) is 0 Å². The molecule has 0 saturated carbocycles. The predicted octanol–water partition coefficient (Wildman–Crippen LogP) is 3.23. The highest BCUT2D eigenvalue weighted by atomic mass is 16.4. The van der Waals surface area contributed by atoms with E-state index in [-0.39, 0.29) is 5.41 Å². The van der Waals surface area contributed by atoms with Gasteiger partial charge in [-0.15, -0.1) is 0 Å². The molecule has 1 aromatic heterocycles. The lowest BCUT2D eigenvalue weighted by Crippen LogP contribution is -2.13. The first-order chi connectivity index (χ1) is 7.91. The average molecular weight is 229 g/mol. The Balaban J connectivity index is 2.85. The van der Waals surface area contributed by atoms with E-state index in [1.54, 1.807) is 24.4 Å². The van der Waals surface area contributed by atoms with Crippen molar-refractivity contribution in [2.75, 3.05) is 0 Å². The van der Waals surface area contributed by atoms with Gasteiger partial charge in [0.1, 0.15) is 0 Å². The Hall–Kier alpha value is -1.90. The molecule has 0 saturated heterocycles. The Morgan fingerprint density at radius 2 is 1.94 bits per heavy atom. The maximum Gasteiger partial charge on any atom is 0.336 e. The number of benzene rings is 1. The summed E-state index contributed by atoms with van der Waals surface area (Å²) in [5.41, 5.74) is 2.10. The Bertz CT molecular complexity index is 582. The number of carboxylic acid groups (broad SMARTS) is 1. The van der Waals surface area contributed by atoms with Crippen LogP contribution in [0.15, 0.2) is 30.5 Å². The largest absolute Gasteiger partial charge is 0.478 e. The first-order valence-corrected chi connectivity index (χ1v) is 5.53. The Morgan fingerprint density at radius 3 is 2.53 bits per heavy atom. The molecule has 1 N–H and O–H groups in total. The lowest BCUT2D eigenvalue weighted by molar-refractivity contribution is 0.0699. The number of hydrogen-bond donors (Lipinski definition) is 1. The lowest BCUT2D eigenvalue weighted by atomic mass is 9.84. The first kappa shape index (κ1) is 11.6. The van der Waals surface area contributed by atoms with Gasteiger partial charge in [-0.3, -0.25) is 4.98 Å². The van der Waals surface area contributed by atoms with Crippen molar-refractivity contribution in [3.63, 3.8) is 0 Å². The third-order valence-corrected chi connectivity index (χ3v) is 2.81. The van der Waals surface area contributed by atoms with E-state index in [1.165, 1.54) is 0 Å². The van der Waals surface area contributed by atoms with Crippen LogP contribution in [-0.4, -0.2) is 16.1 Å². The number of aromatic carboxylic acids is 1.